The fourth-order valence-electron chi connectivity index (χ4n) is 3.89. The highest BCUT2D eigenvalue weighted by molar-refractivity contribution is 7.99. The molecule has 0 aromatic carbocycles. The van der Waals surface area contributed by atoms with Gasteiger partial charge in [-0.15, -0.1) is 0 Å². The molecule has 3 heterocycles. The zero-order valence-corrected chi connectivity index (χ0v) is 21.0. The van der Waals surface area contributed by atoms with E-state index in [-0.39, 0.29) is 23.4 Å². The van der Waals surface area contributed by atoms with Gasteiger partial charge < -0.3 is 9.30 Å². The van der Waals surface area contributed by atoms with Crippen molar-refractivity contribution >= 4 is 38.9 Å². The van der Waals surface area contributed by atoms with E-state index in [2.05, 4.69) is 9.71 Å². The van der Waals surface area contributed by atoms with Gasteiger partial charge in [0.2, 0.25) is 15.9 Å². The normalized spacial score (nSPS) is 17.4. The van der Waals surface area contributed by atoms with E-state index in [1.807, 2.05) is 9.47 Å². The molecule has 0 spiro atoms. The van der Waals surface area contributed by atoms with Crippen LogP contribution in [0, 0.1) is 5.92 Å². The van der Waals surface area contributed by atoms with Gasteiger partial charge in [0.1, 0.15) is 0 Å². The molecule has 0 unspecified atom stereocenters. The number of hydrogen-bond acceptors (Lipinski definition) is 9. The topological polar surface area (TPSA) is 138 Å². The zero-order valence-electron chi connectivity index (χ0n) is 19.4. The van der Waals surface area contributed by atoms with E-state index in [1.165, 1.54) is 23.4 Å². The number of carbonyl (C=O) groups excluding carboxylic acids is 1. The van der Waals surface area contributed by atoms with E-state index in [9.17, 15) is 22.8 Å². The number of morpholine rings is 1. The average Bonchev–Trinajstić information content (AvgIpc) is 3.55. The molecule has 0 bridgehead atoms. The Balaban J connectivity index is 1.39. The van der Waals surface area contributed by atoms with Gasteiger partial charge in [-0.25, -0.2) is 18.2 Å². The lowest BCUT2D eigenvalue weighted by atomic mass is 10.4. The minimum Gasteiger partial charge on any atom is -0.379 e. The Labute approximate surface area is 201 Å². The third kappa shape index (κ3) is 5.73. The van der Waals surface area contributed by atoms with Crippen molar-refractivity contribution < 1.29 is 17.9 Å². The van der Waals surface area contributed by atoms with Gasteiger partial charge in [-0.3, -0.25) is 28.3 Å². The molecule has 2 aromatic heterocycles. The van der Waals surface area contributed by atoms with Crippen molar-refractivity contribution in [3.8, 4) is 0 Å². The van der Waals surface area contributed by atoms with Gasteiger partial charge in [0, 0.05) is 52.4 Å². The summed E-state index contributed by atoms with van der Waals surface area (Å²) < 4.78 is 36.3. The Morgan fingerprint density at radius 2 is 1.88 bits per heavy atom. The highest BCUT2D eigenvalue weighted by Crippen LogP contribution is 2.33. The molecule has 1 amide bonds. The molecule has 1 aliphatic carbocycles. The van der Waals surface area contributed by atoms with Crippen molar-refractivity contribution in [2.45, 2.75) is 31.0 Å². The Morgan fingerprint density at radius 1 is 1.18 bits per heavy atom. The lowest BCUT2D eigenvalue weighted by molar-refractivity contribution is -0.118. The van der Waals surface area contributed by atoms with E-state index >= 15 is 0 Å². The second-order valence-electron chi connectivity index (χ2n) is 8.72. The number of fused-ring (bicyclic) bond motifs is 1. The largest absolute Gasteiger partial charge is 0.379 e. The number of imidazole rings is 1. The Bertz CT molecular complexity index is 1290. The molecule has 1 saturated carbocycles. The maximum atomic E-state index is 12.6. The average molecular weight is 515 g/mol. The molecule has 188 valence electrons. The molecule has 1 saturated heterocycles. The zero-order chi connectivity index (χ0) is 24.5. The van der Waals surface area contributed by atoms with Crippen LogP contribution in [0.2, 0.25) is 0 Å². The molecule has 1 N–H and O–H groups in total. The molecule has 0 radical (unpaired) electrons. The highest BCUT2D eigenvalue weighted by atomic mass is 32.2. The predicted octanol–water partition coefficient (Wildman–Crippen LogP) is -0.896. The third-order valence-corrected chi connectivity index (χ3v) is 8.29. The van der Waals surface area contributed by atoms with Crippen LogP contribution in [0.15, 0.2) is 14.7 Å². The van der Waals surface area contributed by atoms with Crippen molar-refractivity contribution in [1.29, 1.82) is 0 Å². The summed E-state index contributed by atoms with van der Waals surface area (Å²) >= 11 is 1.27. The van der Waals surface area contributed by atoms with Crippen molar-refractivity contribution in [2.24, 2.45) is 20.0 Å². The van der Waals surface area contributed by atoms with Gasteiger partial charge in [-0.1, -0.05) is 11.8 Å². The summed E-state index contributed by atoms with van der Waals surface area (Å²) in [6, 6.07) is 0. The molecular weight excluding hydrogens is 484 g/mol. The number of thioether (sulfide) groups is 1. The summed E-state index contributed by atoms with van der Waals surface area (Å²) in [4.78, 5) is 43.8. The van der Waals surface area contributed by atoms with E-state index in [0.29, 0.717) is 56.1 Å². The quantitative estimate of drug-likeness (QED) is 0.400. The molecule has 0 atom stereocenters. The van der Waals surface area contributed by atoms with E-state index in [0.717, 1.165) is 17.4 Å². The minimum atomic E-state index is -3.73. The smallest absolute Gasteiger partial charge is 0.332 e. The Hall–Kier alpha value is -2.16. The molecular formula is C20H30N6O6S2. The van der Waals surface area contributed by atoms with Crippen molar-refractivity contribution in [1.82, 2.24) is 28.3 Å². The molecule has 2 aliphatic rings. The van der Waals surface area contributed by atoms with Crippen molar-refractivity contribution in [3.05, 3.63) is 20.8 Å². The van der Waals surface area contributed by atoms with E-state index in [1.54, 1.807) is 7.05 Å². The monoisotopic (exact) mass is 514 g/mol. The summed E-state index contributed by atoms with van der Waals surface area (Å²) in [5.41, 5.74) is -0.202. The summed E-state index contributed by atoms with van der Waals surface area (Å²) in [6.45, 7) is 3.50. The van der Waals surface area contributed by atoms with Crippen LogP contribution in [0.4, 0.5) is 0 Å². The summed E-state index contributed by atoms with van der Waals surface area (Å²) in [5, 5.41) is 0.545. The molecule has 2 aromatic rings. The van der Waals surface area contributed by atoms with Gasteiger partial charge in [0.05, 0.1) is 19.0 Å². The SMILES string of the molecule is Cn1c(=O)c2nc(SCCC(=O)NS(=O)(=O)CCN3CCOCC3)n(CC3CC3)c2n(C)c1=O. The van der Waals surface area contributed by atoms with Crippen LogP contribution >= 0.6 is 11.8 Å². The van der Waals surface area contributed by atoms with Crippen molar-refractivity contribution in [2.75, 3.05) is 44.4 Å². The van der Waals surface area contributed by atoms with Crippen LogP contribution in [-0.4, -0.2) is 82.3 Å². The van der Waals surface area contributed by atoms with Crippen LogP contribution in [-0.2, 0) is 40.2 Å². The molecule has 1 aliphatic heterocycles. The van der Waals surface area contributed by atoms with Crippen molar-refractivity contribution in [3.63, 3.8) is 0 Å². The summed E-state index contributed by atoms with van der Waals surface area (Å²) in [7, 11) is -0.699. The van der Waals surface area contributed by atoms with Crippen LogP contribution in [0.25, 0.3) is 11.2 Å². The number of aryl methyl sites for hydroxylation is 1. The molecule has 12 nitrogen and oxygen atoms in total. The first-order valence-corrected chi connectivity index (χ1v) is 13.9. The lowest BCUT2D eigenvalue weighted by Gasteiger charge is -2.26. The number of aromatic nitrogens is 4. The van der Waals surface area contributed by atoms with Crippen LogP contribution < -0.4 is 16.0 Å². The van der Waals surface area contributed by atoms with E-state index in [4.69, 9.17) is 4.74 Å². The first kappa shape index (κ1) is 24.9. The molecule has 4 rings (SSSR count). The lowest BCUT2D eigenvalue weighted by Crippen LogP contribution is -2.42. The number of carbonyl (C=O) groups is 1. The number of hydrogen-bond donors (Lipinski definition) is 1. The number of sulfonamides is 1. The van der Waals surface area contributed by atoms with Crippen LogP contribution in [0.5, 0.6) is 0 Å². The number of nitrogens with zero attached hydrogens (tertiary/aromatic N) is 5. The standard InChI is InChI=1S/C20H30N6O6S2/c1-23-17-16(18(28)24(2)20(23)29)21-19(26(17)13-14-3-4-14)33-11-5-15(27)22-34(30,31)12-8-25-6-9-32-10-7-25/h14H,3-13H2,1-2H3,(H,22,27). The number of ether oxygens (including phenoxy) is 1. The number of nitrogens with one attached hydrogen (secondary N) is 1. The molecule has 34 heavy (non-hydrogen) atoms. The van der Waals surface area contributed by atoms with Gasteiger partial charge in [0.15, 0.2) is 16.3 Å². The maximum Gasteiger partial charge on any atom is 0.332 e. The fourth-order valence-corrected chi connectivity index (χ4v) is 5.88. The van der Waals surface area contributed by atoms with Crippen LogP contribution in [0.1, 0.15) is 19.3 Å². The Kier molecular flexibility index (Phi) is 7.50. The molecule has 14 heteroatoms. The fraction of sp³-hybridized carbons (Fsp3) is 0.700. The Morgan fingerprint density at radius 3 is 2.56 bits per heavy atom. The number of amides is 1. The molecule has 2 fully saturated rings. The summed E-state index contributed by atoms with van der Waals surface area (Å²) in [6.07, 6.45) is 2.13. The van der Waals surface area contributed by atoms with Gasteiger partial charge in [0.25, 0.3) is 5.56 Å². The predicted molar refractivity (Wildman–Crippen MR) is 127 cm³/mol. The van der Waals surface area contributed by atoms with Gasteiger partial charge in [-0.2, -0.15) is 0 Å². The van der Waals surface area contributed by atoms with Crippen LogP contribution in [0.3, 0.4) is 0 Å². The first-order valence-electron chi connectivity index (χ1n) is 11.3. The minimum absolute atomic E-state index is 0.0228. The maximum absolute atomic E-state index is 12.6. The third-order valence-electron chi connectivity index (χ3n) is 6.05. The number of rotatable bonds is 10. The second kappa shape index (κ2) is 10.2. The highest BCUT2D eigenvalue weighted by Gasteiger charge is 2.27. The second-order valence-corrected chi connectivity index (χ2v) is 11.6. The van der Waals surface area contributed by atoms with Gasteiger partial charge in [-0.05, 0) is 18.8 Å². The van der Waals surface area contributed by atoms with Gasteiger partial charge >= 0.3 is 5.69 Å². The van der Waals surface area contributed by atoms with E-state index < -0.39 is 27.2 Å². The first-order chi connectivity index (χ1) is 16.2. The summed E-state index contributed by atoms with van der Waals surface area (Å²) in [5.74, 6) is 0.0199.